The average molecular weight is 248 g/mol. The van der Waals surface area contributed by atoms with E-state index in [1.54, 1.807) is 0 Å². The maximum atomic E-state index is 5.64. The highest BCUT2D eigenvalue weighted by Crippen LogP contribution is 2.35. The average Bonchev–Trinajstić information content (AvgIpc) is 2.99. The molecule has 100 valence electrons. The SMILES string of the molecule is CCOc1cc(C)c(C(C)CC2OC2C)cc1C. The summed E-state index contributed by atoms with van der Waals surface area (Å²) in [7, 11) is 0. The summed E-state index contributed by atoms with van der Waals surface area (Å²) in [4.78, 5) is 0. The lowest BCUT2D eigenvalue weighted by molar-refractivity contribution is 0.337. The highest BCUT2D eigenvalue weighted by Gasteiger charge is 2.35. The molecule has 2 heteroatoms. The van der Waals surface area contributed by atoms with Crippen LogP contribution in [0.25, 0.3) is 0 Å². The minimum absolute atomic E-state index is 0.455. The second kappa shape index (κ2) is 5.31. The third-order valence-corrected chi connectivity index (χ3v) is 3.82. The van der Waals surface area contributed by atoms with Gasteiger partial charge in [-0.3, -0.25) is 0 Å². The van der Waals surface area contributed by atoms with Crippen LogP contribution in [0, 0.1) is 13.8 Å². The number of benzene rings is 1. The molecule has 2 rings (SSSR count). The Morgan fingerprint density at radius 2 is 1.94 bits per heavy atom. The zero-order valence-corrected chi connectivity index (χ0v) is 12.1. The summed E-state index contributed by atoms with van der Waals surface area (Å²) in [5, 5.41) is 0. The van der Waals surface area contributed by atoms with Gasteiger partial charge in [0.1, 0.15) is 5.75 Å². The van der Waals surface area contributed by atoms with Gasteiger partial charge in [0.05, 0.1) is 18.8 Å². The lowest BCUT2D eigenvalue weighted by Gasteiger charge is -2.17. The van der Waals surface area contributed by atoms with Gasteiger partial charge in [0, 0.05) is 0 Å². The largest absolute Gasteiger partial charge is 0.494 e. The van der Waals surface area contributed by atoms with Crippen molar-refractivity contribution in [2.24, 2.45) is 0 Å². The quantitative estimate of drug-likeness (QED) is 0.735. The first-order valence-electron chi connectivity index (χ1n) is 6.92. The van der Waals surface area contributed by atoms with Crippen molar-refractivity contribution >= 4 is 0 Å². The zero-order chi connectivity index (χ0) is 13.3. The molecule has 1 aromatic carbocycles. The van der Waals surface area contributed by atoms with Gasteiger partial charge in [-0.25, -0.2) is 0 Å². The third kappa shape index (κ3) is 2.86. The van der Waals surface area contributed by atoms with E-state index in [4.69, 9.17) is 9.47 Å². The Bertz CT molecular complexity index is 425. The summed E-state index contributed by atoms with van der Waals surface area (Å²) in [5.74, 6) is 1.57. The molecule has 0 aliphatic carbocycles. The van der Waals surface area contributed by atoms with Crippen LogP contribution in [0.5, 0.6) is 5.75 Å². The molecule has 0 saturated carbocycles. The van der Waals surface area contributed by atoms with E-state index in [-0.39, 0.29) is 0 Å². The van der Waals surface area contributed by atoms with Gasteiger partial charge in [-0.05, 0) is 62.8 Å². The number of aryl methyl sites for hydroxylation is 2. The van der Waals surface area contributed by atoms with Crippen molar-refractivity contribution in [1.82, 2.24) is 0 Å². The molecular formula is C16H24O2. The van der Waals surface area contributed by atoms with Crippen LogP contribution in [0.4, 0.5) is 0 Å². The lowest BCUT2D eigenvalue weighted by Crippen LogP contribution is -2.04. The molecule has 1 aromatic rings. The Labute approximate surface area is 110 Å². The normalized spacial score (nSPS) is 23.8. The Hall–Kier alpha value is -1.02. The molecule has 1 aliphatic rings. The molecule has 0 aromatic heterocycles. The summed E-state index contributed by atoms with van der Waals surface area (Å²) in [5.41, 5.74) is 3.98. The maximum absolute atomic E-state index is 5.64. The van der Waals surface area contributed by atoms with Crippen molar-refractivity contribution in [3.63, 3.8) is 0 Å². The van der Waals surface area contributed by atoms with Gasteiger partial charge < -0.3 is 9.47 Å². The van der Waals surface area contributed by atoms with E-state index in [1.807, 2.05) is 6.92 Å². The second-order valence-corrected chi connectivity index (χ2v) is 5.42. The molecule has 2 nitrogen and oxygen atoms in total. The van der Waals surface area contributed by atoms with Crippen LogP contribution >= 0.6 is 0 Å². The molecule has 3 unspecified atom stereocenters. The fourth-order valence-electron chi connectivity index (χ4n) is 2.61. The smallest absolute Gasteiger partial charge is 0.122 e. The van der Waals surface area contributed by atoms with Gasteiger partial charge in [0.15, 0.2) is 0 Å². The highest BCUT2D eigenvalue weighted by molar-refractivity contribution is 5.43. The predicted molar refractivity (Wildman–Crippen MR) is 74.5 cm³/mol. The molecule has 0 N–H and O–H groups in total. The fraction of sp³-hybridized carbons (Fsp3) is 0.625. The number of rotatable bonds is 5. The number of hydrogen-bond acceptors (Lipinski definition) is 2. The first-order valence-corrected chi connectivity index (χ1v) is 6.92. The van der Waals surface area contributed by atoms with Crippen LogP contribution in [0.3, 0.4) is 0 Å². The molecular weight excluding hydrogens is 224 g/mol. The minimum Gasteiger partial charge on any atom is -0.494 e. The van der Waals surface area contributed by atoms with Gasteiger partial charge in [-0.1, -0.05) is 13.0 Å². The Morgan fingerprint density at radius 3 is 2.50 bits per heavy atom. The molecule has 1 saturated heterocycles. The summed E-state index contributed by atoms with van der Waals surface area (Å²) < 4.78 is 11.2. The summed E-state index contributed by atoms with van der Waals surface area (Å²) in [6.45, 7) is 11.5. The van der Waals surface area contributed by atoms with Crippen LogP contribution in [0.15, 0.2) is 12.1 Å². The topological polar surface area (TPSA) is 21.8 Å². The number of epoxide rings is 1. The van der Waals surface area contributed by atoms with Gasteiger partial charge in [0.2, 0.25) is 0 Å². The number of hydrogen-bond donors (Lipinski definition) is 0. The van der Waals surface area contributed by atoms with Crippen LogP contribution in [0.1, 0.15) is 49.8 Å². The Kier molecular flexibility index (Phi) is 3.96. The summed E-state index contributed by atoms with van der Waals surface area (Å²) >= 11 is 0. The molecule has 1 fully saturated rings. The van der Waals surface area contributed by atoms with Crippen molar-refractivity contribution in [3.05, 3.63) is 28.8 Å². The first kappa shape index (κ1) is 13.4. The molecule has 0 spiro atoms. The van der Waals surface area contributed by atoms with E-state index in [9.17, 15) is 0 Å². The monoisotopic (exact) mass is 248 g/mol. The van der Waals surface area contributed by atoms with E-state index in [1.165, 1.54) is 16.7 Å². The summed E-state index contributed by atoms with van der Waals surface area (Å²) in [6, 6.07) is 4.44. The van der Waals surface area contributed by atoms with Crippen molar-refractivity contribution in [3.8, 4) is 5.75 Å². The molecule has 18 heavy (non-hydrogen) atoms. The van der Waals surface area contributed by atoms with Crippen LogP contribution in [0.2, 0.25) is 0 Å². The van der Waals surface area contributed by atoms with E-state index in [2.05, 4.69) is 39.8 Å². The van der Waals surface area contributed by atoms with E-state index in [0.717, 1.165) is 18.8 Å². The number of ether oxygens (including phenoxy) is 2. The maximum Gasteiger partial charge on any atom is 0.122 e. The first-order chi connectivity index (χ1) is 8.52. The minimum atomic E-state index is 0.455. The van der Waals surface area contributed by atoms with Crippen molar-refractivity contribution in [2.75, 3.05) is 6.61 Å². The van der Waals surface area contributed by atoms with Crippen LogP contribution in [-0.2, 0) is 4.74 Å². The fourth-order valence-corrected chi connectivity index (χ4v) is 2.61. The van der Waals surface area contributed by atoms with Crippen molar-refractivity contribution in [2.45, 2.75) is 59.2 Å². The van der Waals surface area contributed by atoms with E-state index >= 15 is 0 Å². The predicted octanol–water partition coefficient (Wildman–Crippen LogP) is 3.98. The van der Waals surface area contributed by atoms with Crippen LogP contribution in [-0.4, -0.2) is 18.8 Å². The van der Waals surface area contributed by atoms with Crippen LogP contribution < -0.4 is 4.74 Å². The van der Waals surface area contributed by atoms with Gasteiger partial charge in [0.25, 0.3) is 0 Å². The van der Waals surface area contributed by atoms with E-state index < -0.39 is 0 Å². The Balaban J connectivity index is 2.14. The molecule has 3 atom stereocenters. The third-order valence-electron chi connectivity index (χ3n) is 3.82. The Morgan fingerprint density at radius 1 is 1.28 bits per heavy atom. The second-order valence-electron chi connectivity index (χ2n) is 5.42. The van der Waals surface area contributed by atoms with Crippen molar-refractivity contribution in [1.29, 1.82) is 0 Å². The van der Waals surface area contributed by atoms with Gasteiger partial charge >= 0.3 is 0 Å². The highest BCUT2D eigenvalue weighted by atomic mass is 16.6. The van der Waals surface area contributed by atoms with Gasteiger partial charge in [-0.15, -0.1) is 0 Å². The van der Waals surface area contributed by atoms with Crippen molar-refractivity contribution < 1.29 is 9.47 Å². The zero-order valence-electron chi connectivity index (χ0n) is 12.1. The molecule has 0 radical (unpaired) electrons. The van der Waals surface area contributed by atoms with Gasteiger partial charge in [-0.2, -0.15) is 0 Å². The molecule has 1 heterocycles. The molecule has 0 amide bonds. The lowest BCUT2D eigenvalue weighted by atomic mass is 9.90. The standard InChI is InChI=1S/C16H24O2/c1-6-17-15-8-10(2)14(7-12(15)4)11(3)9-16-13(5)18-16/h7-8,11,13,16H,6,9H2,1-5H3. The summed E-state index contributed by atoms with van der Waals surface area (Å²) in [6.07, 6.45) is 2.04. The molecule has 1 aliphatic heterocycles. The van der Waals surface area contributed by atoms with E-state index in [0.29, 0.717) is 18.1 Å². The molecule has 0 bridgehead atoms.